The van der Waals surface area contributed by atoms with Crippen LogP contribution in [0.3, 0.4) is 0 Å². The molecule has 0 aromatic carbocycles. The number of rotatable bonds is 4. The minimum atomic E-state index is -0.0504. The van der Waals surface area contributed by atoms with Crippen molar-refractivity contribution < 1.29 is 9.84 Å². The second-order valence-corrected chi connectivity index (χ2v) is 5.92. The van der Waals surface area contributed by atoms with Crippen LogP contribution in [-0.4, -0.2) is 38.5 Å². The summed E-state index contributed by atoms with van der Waals surface area (Å²) in [5, 5.41) is 12.6. The highest BCUT2D eigenvalue weighted by Crippen LogP contribution is 2.32. The van der Waals surface area contributed by atoms with Gasteiger partial charge in [-0.05, 0) is 22.0 Å². The fourth-order valence-electron chi connectivity index (χ4n) is 1.71. The second kappa shape index (κ2) is 4.41. The Morgan fingerprint density at radius 1 is 1.67 bits per heavy atom. The number of nitrogens with zero attached hydrogens (tertiary/aromatic N) is 1. The van der Waals surface area contributed by atoms with E-state index in [-0.39, 0.29) is 12.0 Å². The quantitative estimate of drug-likeness (QED) is 0.921. The van der Waals surface area contributed by atoms with Gasteiger partial charge in [0.15, 0.2) is 0 Å². The van der Waals surface area contributed by atoms with E-state index >= 15 is 0 Å². The number of thiophene rings is 1. The Morgan fingerprint density at radius 3 is 2.80 bits per heavy atom. The van der Waals surface area contributed by atoms with Crippen molar-refractivity contribution in [2.45, 2.75) is 0 Å². The predicted octanol–water partition coefficient (Wildman–Crippen LogP) is 1.96. The van der Waals surface area contributed by atoms with Gasteiger partial charge in [0.2, 0.25) is 0 Å². The van der Waals surface area contributed by atoms with Crippen molar-refractivity contribution in [3.8, 4) is 0 Å². The van der Waals surface area contributed by atoms with E-state index in [2.05, 4.69) is 32.3 Å². The zero-order chi connectivity index (χ0) is 10.9. The third-order valence-corrected chi connectivity index (χ3v) is 4.46. The Labute approximate surface area is 102 Å². The van der Waals surface area contributed by atoms with Crippen LogP contribution in [0.25, 0.3) is 0 Å². The molecule has 0 saturated carbocycles. The van der Waals surface area contributed by atoms with E-state index in [0.29, 0.717) is 13.2 Å². The molecule has 0 aliphatic carbocycles. The first-order valence-electron chi connectivity index (χ1n) is 4.79. The van der Waals surface area contributed by atoms with Crippen molar-refractivity contribution in [2.75, 3.05) is 38.3 Å². The lowest BCUT2D eigenvalue weighted by Crippen LogP contribution is -2.52. The third kappa shape index (κ3) is 2.36. The molecule has 1 saturated heterocycles. The first kappa shape index (κ1) is 11.4. The van der Waals surface area contributed by atoms with Crippen LogP contribution in [0.2, 0.25) is 0 Å². The standard InChI is InChI=1S/C10H14BrNO2S/c1-12(9-2-8(11)3-15-9)4-10(5-13)6-14-7-10/h2-3,13H,4-7H2,1H3. The monoisotopic (exact) mass is 291 g/mol. The summed E-state index contributed by atoms with van der Waals surface area (Å²) >= 11 is 5.14. The summed E-state index contributed by atoms with van der Waals surface area (Å²) in [4.78, 5) is 2.17. The zero-order valence-electron chi connectivity index (χ0n) is 8.57. The summed E-state index contributed by atoms with van der Waals surface area (Å²) in [5.74, 6) is 0. The number of aliphatic hydroxyl groups is 1. The molecule has 1 fully saturated rings. The Kier molecular flexibility index (Phi) is 3.35. The molecule has 3 nitrogen and oxygen atoms in total. The van der Waals surface area contributed by atoms with Crippen molar-refractivity contribution in [3.05, 3.63) is 15.9 Å². The lowest BCUT2D eigenvalue weighted by atomic mass is 9.86. The molecule has 84 valence electrons. The van der Waals surface area contributed by atoms with Gasteiger partial charge < -0.3 is 14.7 Å². The lowest BCUT2D eigenvalue weighted by molar-refractivity contribution is -0.130. The summed E-state index contributed by atoms with van der Waals surface area (Å²) in [6.45, 7) is 2.38. The molecular weight excluding hydrogens is 278 g/mol. The first-order valence-corrected chi connectivity index (χ1v) is 6.46. The SMILES string of the molecule is CN(CC1(CO)COC1)c1cc(Br)cs1. The van der Waals surface area contributed by atoms with E-state index in [0.717, 1.165) is 11.0 Å². The van der Waals surface area contributed by atoms with E-state index in [4.69, 9.17) is 4.74 Å². The maximum Gasteiger partial charge on any atom is 0.0917 e. The molecule has 2 rings (SSSR count). The van der Waals surface area contributed by atoms with E-state index in [1.54, 1.807) is 11.3 Å². The van der Waals surface area contributed by atoms with Gasteiger partial charge in [-0.1, -0.05) is 0 Å². The minimum absolute atomic E-state index is 0.0504. The number of hydrogen-bond acceptors (Lipinski definition) is 4. The molecule has 0 unspecified atom stereocenters. The topological polar surface area (TPSA) is 32.7 Å². The molecule has 0 radical (unpaired) electrons. The second-order valence-electron chi connectivity index (χ2n) is 4.11. The van der Waals surface area contributed by atoms with Gasteiger partial charge in [-0.2, -0.15) is 0 Å². The molecule has 1 aliphatic heterocycles. The van der Waals surface area contributed by atoms with E-state index in [1.165, 1.54) is 5.00 Å². The predicted molar refractivity (Wildman–Crippen MR) is 65.6 cm³/mol. The minimum Gasteiger partial charge on any atom is -0.396 e. The van der Waals surface area contributed by atoms with Gasteiger partial charge in [0, 0.05) is 23.4 Å². The molecule has 1 aliphatic rings. The first-order chi connectivity index (χ1) is 7.15. The van der Waals surface area contributed by atoms with Crippen LogP contribution in [0, 0.1) is 5.41 Å². The average Bonchev–Trinajstić information content (AvgIpc) is 2.58. The molecule has 15 heavy (non-hydrogen) atoms. The maximum absolute atomic E-state index is 9.33. The molecule has 1 aromatic rings. The van der Waals surface area contributed by atoms with Crippen LogP contribution in [0.5, 0.6) is 0 Å². The highest BCUT2D eigenvalue weighted by molar-refractivity contribution is 9.10. The van der Waals surface area contributed by atoms with Crippen LogP contribution < -0.4 is 4.90 Å². The smallest absolute Gasteiger partial charge is 0.0917 e. The van der Waals surface area contributed by atoms with Gasteiger partial charge >= 0.3 is 0 Å². The fraction of sp³-hybridized carbons (Fsp3) is 0.600. The molecular formula is C10H14BrNO2S. The van der Waals surface area contributed by atoms with Crippen molar-refractivity contribution >= 4 is 32.3 Å². The Balaban J connectivity index is 1.99. The van der Waals surface area contributed by atoms with Crippen molar-refractivity contribution in [1.29, 1.82) is 0 Å². The Hall–Kier alpha value is -0.100. The number of hydrogen-bond donors (Lipinski definition) is 1. The summed E-state index contributed by atoms with van der Waals surface area (Å²) in [5.41, 5.74) is -0.0504. The lowest BCUT2D eigenvalue weighted by Gasteiger charge is -2.42. The molecule has 0 atom stereocenters. The van der Waals surface area contributed by atoms with E-state index in [1.807, 2.05) is 7.05 Å². The van der Waals surface area contributed by atoms with Gasteiger partial charge in [-0.3, -0.25) is 0 Å². The highest BCUT2D eigenvalue weighted by atomic mass is 79.9. The molecule has 2 heterocycles. The van der Waals surface area contributed by atoms with Gasteiger partial charge in [0.1, 0.15) is 0 Å². The average molecular weight is 292 g/mol. The van der Waals surface area contributed by atoms with Crippen LogP contribution in [-0.2, 0) is 4.74 Å². The van der Waals surface area contributed by atoms with Crippen LogP contribution in [0.4, 0.5) is 5.00 Å². The normalized spacial score (nSPS) is 18.6. The molecule has 5 heteroatoms. The number of ether oxygens (including phenoxy) is 1. The van der Waals surface area contributed by atoms with Crippen molar-refractivity contribution in [3.63, 3.8) is 0 Å². The van der Waals surface area contributed by atoms with Crippen LogP contribution >= 0.6 is 27.3 Å². The number of anilines is 1. The number of halogens is 1. The zero-order valence-corrected chi connectivity index (χ0v) is 11.0. The largest absolute Gasteiger partial charge is 0.396 e. The van der Waals surface area contributed by atoms with Crippen molar-refractivity contribution in [1.82, 2.24) is 0 Å². The maximum atomic E-state index is 9.33. The van der Waals surface area contributed by atoms with E-state index < -0.39 is 0 Å². The fourth-order valence-corrected chi connectivity index (χ4v) is 3.10. The van der Waals surface area contributed by atoms with Crippen LogP contribution in [0.1, 0.15) is 0 Å². The highest BCUT2D eigenvalue weighted by Gasteiger charge is 2.39. The van der Waals surface area contributed by atoms with Gasteiger partial charge in [-0.25, -0.2) is 0 Å². The number of aliphatic hydroxyl groups excluding tert-OH is 1. The Bertz CT molecular complexity index is 332. The van der Waals surface area contributed by atoms with Gasteiger partial charge in [0.05, 0.1) is 30.2 Å². The summed E-state index contributed by atoms with van der Waals surface area (Å²) in [6.07, 6.45) is 0. The van der Waals surface area contributed by atoms with Gasteiger partial charge in [-0.15, -0.1) is 11.3 Å². The summed E-state index contributed by atoms with van der Waals surface area (Å²) in [6, 6.07) is 2.09. The Morgan fingerprint density at radius 2 is 2.40 bits per heavy atom. The molecule has 0 spiro atoms. The van der Waals surface area contributed by atoms with E-state index in [9.17, 15) is 5.11 Å². The molecule has 0 amide bonds. The summed E-state index contributed by atoms with van der Waals surface area (Å²) in [7, 11) is 2.05. The third-order valence-electron chi connectivity index (χ3n) is 2.65. The molecule has 1 N–H and O–H groups in total. The summed E-state index contributed by atoms with van der Waals surface area (Å²) < 4.78 is 6.29. The van der Waals surface area contributed by atoms with Gasteiger partial charge in [0.25, 0.3) is 0 Å². The van der Waals surface area contributed by atoms with Crippen molar-refractivity contribution in [2.24, 2.45) is 5.41 Å². The van der Waals surface area contributed by atoms with Crippen LogP contribution in [0.15, 0.2) is 15.9 Å². The molecule has 0 bridgehead atoms. The molecule has 1 aromatic heterocycles.